The van der Waals surface area contributed by atoms with Crippen LogP contribution < -0.4 is 5.56 Å². The predicted molar refractivity (Wildman–Crippen MR) is 48.8 cm³/mol. The molecule has 1 aromatic heterocycles. The second-order valence-corrected chi connectivity index (χ2v) is 2.26. The van der Waals surface area contributed by atoms with Crippen LogP contribution in [0.5, 0.6) is 0 Å². The zero-order chi connectivity index (χ0) is 9.14. The lowest BCUT2D eigenvalue weighted by molar-refractivity contribution is 0.822. The third-order valence-corrected chi connectivity index (χ3v) is 1.49. The molecule has 4 heteroatoms. The summed E-state index contributed by atoms with van der Waals surface area (Å²) in [6.45, 7) is 6.80. The first-order valence-electron chi connectivity index (χ1n) is 3.35. The van der Waals surface area contributed by atoms with E-state index in [1.165, 1.54) is 17.0 Å². The second kappa shape index (κ2) is 3.13. The van der Waals surface area contributed by atoms with Crippen molar-refractivity contribution in [2.75, 3.05) is 0 Å². The first kappa shape index (κ1) is 8.39. The number of aromatic nitrogens is 2. The number of aliphatic imine (C=N–C) groups is 1. The minimum absolute atomic E-state index is 0.213. The lowest BCUT2D eigenvalue weighted by atomic mass is 10.3. The topological polar surface area (TPSA) is 47.2 Å². The van der Waals surface area contributed by atoms with E-state index in [-0.39, 0.29) is 11.2 Å². The van der Waals surface area contributed by atoms with E-state index in [1.807, 2.05) is 0 Å². The summed E-state index contributed by atoms with van der Waals surface area (Å²) in [4.78, 5) is 18.8. The van der Waals surface area contributed by atoms with Crippen molar-refractivity contribution in [1.29, 1.82) is 0 Å². The Morgan fingerprint density at radius 2 is 2.42 bits per heavy atom. The van der Waals surface area contributed by atoms with Crippen LogP contribution in [-0.4, -0.2) is 16.3 Å². The average Bonchev–Trinajstić information content (AvgIpc) is 2.09. The van der Waals surface area contributed by atoms with Gasteiger partial charge < -0.3 is 4.57 Å². The third kappa shape index (κ3) is 1.18. The van der Waals surface area contributed by atoms with E-state index in [1.54, 1.807) is 7.05 Å². The van der Waals surface area contributed by atoms with Crippen LogP contribution in [0.1, 0.15) is 5.69 Å². The molecule has 0 aliphatic rings. The van der Waals surface area contributed by atoms with Crippen molar-refractivity contribution in [3.05, 3.63) is 29.0 Å². The predicted octanol–water partition coefficient (Wildman–Crippen LogP) is 0.755. The third-order valence-electron chi connectivity index (χ3n) is 1.49. The summed E-state index contributed by atoms with van der Waals surface area (Å²) >= 11 is 0. The number of rotatable bonds is 2. The van der Waals surface area contributed by atoms with E-state index >= 15 is 0 Å². The molecular weight excluding hydrogens is 154 g/mol. The molecule has 0 aliphatic heterocycles. The van der Waals surface area contributed by atoms with Crippen molar-refractivity contribution < 1.29 is 0 Å². The molecule has 0 radical (unpaired) electrons. The van der Waals surface area contributed by atoms with Gasteiger partial charge in [0.15, 0.2) is 5.69 Å². The number of aryl methyl sites for hydroxylation is 1. The first-order chi connectivity index (χ1) is 5.70. The van der Waals surface area contributed by atoms with Crippen LogP contribution in [0.2, 0.25) is 0 Å². The summed E-state index contributed by atoms with van der Waals surface area (Å²) in [5.74, 6) is 0. The molecule has 0 amide bonds. The average molecular weight is 163 g/mol. The van der Waals surface area contributed by atoms with Gasteiger partial charge in [0.1, 0.15) is 0 Å². The van der Waals surface area contributed by atoms with Gasteiger partial charge in [-0.3, -0.25) is 9.79 Å². The minimum Gasteiger partial charge on any atom is -0.301 e. The molecule has 0 bridgehead atoms. The van der Waals surface area contributed by atoms with Crippen LogP contribution in [0.3, 0.4) is 0 Å². The summed E-state index contributed by atoms with van der Waals surface area (Å²) in [5, 5.41) is 0. The number of hydrogen-bond donors (Lipinski definition) is 0. The highest BCUT2D eigenvalue weighted by Crippen LogP contribution is 2.09. The van der Waals surface area contributed by atoms with Gasteiger partial charge in [-0.1, -0.05) is 6.58 Å². The fraction of sp³-hybridized carbons (Fsp3) is 0.125. The molecule has 1 rings (SSSR count). The van der Waals surface area contributed by atoms with Gasteiger partial charge in [-0.05, 0) is 12.8 Å². The number of nitrogens with zero attached hydrogens (tertiary/aromatic N) is 3. The molecule has 12 heavy (non-hydrogen) atoms. The van der Waals surface area contributed by atoms with Crippen LogP contribution in [-0.2, 0) is 7.05 Å². The summed E-state index contributed by atoms with van der Waals surface area (Å²) in [6, 6.07) is 0. The molecule has 0 saturated heterocycles. The fourth-order valence-corrected chi connectivity index (χ4v) is 0.837. The lowest BCUT2D eigenvalue weighted by Gasteiger charge is -2.00. The Balaban J connectivity index is 3.56. The van der Waals surface area contributed by atoms with Crippen molar-refractivity contribution in [3.63, 3.8) is 0 Å². The highest BCUT2D eigenvalue weighted by Gasteiger charge is 2.04. The Morgan fingerprint density at radius 3 is 2.92 bits per heavy atom. The Morgan fingerprint density at radius 1 is 1.75 bits per heavy atom. The zero-order valence-electron chi connectivity index (χ0n) is 6.82. The highest BCUT2D eigenvalue weighted by atomic mass is 16.1. The van der Waals surface area contributed by atoms with E-state index in [4.69, 9.17) is 0 Å². The Bertz CT molecular complexity index is 378. The van der Waals surface area contributed by atoms with Crippen LogP contribution in [0.15, 0.2) is 22.7 Å². The summed E-state index contributed by atoms with van der Waals surface area (Å²) in [7, 11) is 1.61. The van der Waals surface area contributed by atoms with Gasteiger partial charge in [0.25, 0.3) is 5.56 Å². The molecule has 0 N–H and O–H groups in total. The molecule has 0 spiro atoms. The maximum Gasteiger partial charge on any atom is 0.279 e. The van der Waals surface area contributed by atoms with Crippen LogP contribution in [0.4, 0.5) is 5.69 Å². The van der Waals surface area contributed by atoms with Gasteiger partial charge in [-0.2, -0.15) is 0 Å². The van der Waals surface area contributed by atoms with Crippen LogP contribution in [0, 0.1) is 0 Å². The van der Waals surface area contributed by atoms with Gasteiger partial charge in [0.05, 0.1) is 12.0 Å². The molecule has 0 unspecified atom stereocenters. The molecule has 0 aromatic carbocycles. The molecule has 62 valence electrons. The van der Waals surface area contributed by atoms with Gasteiger partial charge in [0.2, 0.25) is 0 Å². The molecule has 1 heterocycles. The van der Waals surface area contributed by atoms with Crippen molar-refractivity contribution >= 4 is 18.5 Å². The lowest BCUT2D eigenvalue weighted by Crippen LogP contribution is -2.17. The van der Waals surface area contributed by atoms with Crippen LogP contribution >= 0.6 is 0 Å². The van der Waals surface area contributed by atoms with E-state index in [2.05, 4.69) is 23.3 Å². The van der Waals surface area contributed by atoms with E-state index in [0.717, 1.165) is 0 Å². The normalized spacial score (nSPS) is 9.42. The fourth-order valence-electron chi connectivity index (χ4n) is 0.837. The smallest absolute Gasteiger partial charge is 0.279 e. The largest absolute Gasteiger partial charge is 0.301 e. The Kier molecular flexibility index (Phi) is 2.19. The zero-order valence-corrected chi connectivity index (χ0v) is 6.82. The molecule has 1 aromatic rings. The molecule has 0 atom stereocenters. The van der Waals surface area contributed by atoms with Crippen molar-refractivity contribution in [2.45, 2.75) is 0 Å². The van der Waals surface area contributed by atoms with Crippen molar-refractivity contribution in [2.24, 2.45) is 12.0 Å². The maximum absolute atomic E-state index is 11.3. The minimum atomic E-state index is -0.213. The standard InChI is InChI=1S/C8H9N3O/c1-4-6-7(9-2)8(12)11(3)5-10-6/h4-5H,1-2H2,3H3. The molecule has 0 aliphatic carbocycles. The Hall–Kier alpha value is -1.71. The van der Waals surface area contributed by atoms with Crippen LogP contribution in [0.25, 0.3) is 6.08 Å². The van der Waals surface area contributed by atoms with Crippen molar-refractivity contribution in [3.8, 4) is 0 Å². The summed E-state index contributed by atoms with van der Waals surface area (Å²) in [6.07, 6.45) is 2.90. The first-order valence-corrected chi connectivity index (χ1v) is 3.35. The van der Waals surface area contributed by atoms with E-state index in [0.29, 0.717) is 5.69 Å². The SMILES string of the molecule is C=Cc1ncn(C)c(=O)c1N=C. The van der Waals surface area contributed by atoms with Gasteiger partial charge >= 0.3 is 0 Å². The molecular formula is C8H9N3O. The van der Waals surface area contributed by atoms with E-state index in [9.17, 15) is 4.79 Å². The van der Waals surface area contributed by atoms with Gasteiger partial charge in [0, 0.05) is 7.05 Å². The Labute approximate surface area is 69.9 Å². The molecule has 4 nitrogen and oxygen atoms in total. The second-order valence-electron chi connectivity index (χ2n) is 2.26. The van der Waals surface area contributed by atoms with E-state index < -0.39 is 0 Å². The summed E-state index contributed by atoms with van der Waals surface area (Å²) < 4.78 is 1.34. The van der Waals surface area contributed by atoms with Crippen molar-refractivity contribution in [1.82, 2.24) is 9.55 Å². The summed E-state index contributed by atoms with van der Waals surface area (Å²) in [5.41, 5.74) is 0.498. The molecule has 0 saturated carbocycles. The quantitative estimate of drug-likeness (QED) is 0.604. The maximum atomic E-state index is 11.3. The van der Waals surface area contributed by atoms with Gasteiger partial charge in [-0.25, -0.2) is 4.98 Å². The number of hydrogen-bond acceptors (Lipinski definition) is 3. The molecule has 0 fully saturated rings. The van der Waals surface area contributed by atoms with Gasteiger partial charge in [-0.15, -0.1) is 0 Å². The monoisotopic (exact) mass is 163 g/mol. The highest BCUT2D eigenvalue weighted by molar-refractivity contribution is 5.59.